The summed E-state index contributed by atoms with van der Waals surface area (Å²) in [5, 5.41) is 11.4. The van der Waals surface area contributed by atoms with Crippen LogP contribution in [0.25, 0.3) is 6.08 Å². The number of carbonyl (C=O) groups is 2. The van der Waals surface area contributed by atoms with Crippen LogP contribution in [-0.2, 0) is 4.74 Å². The van der Waals surface area contributed by atoms with Gasteiger partial charge in [-0.3, -0.25) is 0 Å². The van der Waals surface area contributed by atoms with Crippen molar-refractivity contribution in [1.82, 2.24) is 10.3 Å². The Balaban J connectivity index is 2.53. The van der Waals surface area contributed by atoms with E-state index in [-0.39, 0.29) is 17.3 Å². The first-order valence-corrected chi connectivity index (χ1v) is 6.59. The number of nitrogens with zero attached hydrogens (tertiary/aromatic N) is 1. The van der Waals surface area contributed by atoms with Crippen molar-refractivity contribution in [3.05, 3.63) is 34.6 Å². The molecule has 0 saturated heterocycles. The normalized spacial score (nSPS) is 11.4. The molecule has 0 aliphatic carbocycles. The number of rotatable bonds is 4. The zero-order valence-electron chi connectivity index (χ0n) is 12.0. The van der Waals surface area contributed by atoms with Crippen molar-refractivity contribution in [2.24, 2.45) is 0 Å². The number of hydrogen-bond acceptors (Lipinski definition) is 4. The molecule has 0 saturated carbocycles. The maximum Gasteiger partial charge on any atom is 0.407 e. The van der Waals surface area contributed by atoms with Gasteiger partial charge in [0.25, 0.3) is 0 Å². The molecule has 0 aromatic carbocycles. The van der Waals surface area contributed by atoms with Gasteiger partial charge in [0.05, 0.1) is 5.02 Å². The first kappa shape index (κ1) is 17.0. The smallest absolute Gasteiger partial charge is 0.407 e. The van der Waals surface area contributed by atoms with Crippen LogP contribution >= 0.6 is 11.6 Å². The summed E-state index contributed by atoms with van der Waals surface area (Å²) in [6, 6.07) is 1.49. The second-order valence-corrected chi connectivity index (χ2v) is 5.60. The molecule has 1 aromatic rings. The van der Waals surface area contributed by atoms with Crippen LogP contribution in [0.4, 0.5) is 4.79 Å². The summed E-state index contributed by atoms with van der Waals surface area (Å²) < 4.78 is 5.07. The van der Waals surface area contributed by atoms with Crippen molar-refractivity contribution in [2.75, 3.05) is 6.54 Å². The van der Waals surface area contributed by atoms with Crippen LogP contribution in [0.2, 0.25) is 5.02 Å². The van der Waals surface area contributed by atoms with Gasteiger partial charge in [-0.25, -0.2) is 14.6 Å². The van der Waals surface area contributed by atoms with E-state index in [1.165, 1.54) is 12.3 Å². The monoisotopic (exact) mass is 312 g/mol. The van der Waals surface area contributed by atoms with Crippen LogP contribution in [0, 0.1) is 0 Å². The average Bonchev–Trinajstić information content (AvgIpc) is 2.32. The SMILES string of the molecule is CC(C)(C)OC(=O)NCC=Cc1cnc(C(=O)O)c(Cl)c1. The van der Waals surface area contributed by atoms with Gasteiger partial charge in [0.15, 0.2) is 5.69 Å². The third-order valence-electron chi connectivity index (χ3n) is 2.14. The Kier molecular flexibility index (Phi) is 5.72. The molecule has 0 spiro atoms. The molecular formula is C14H17ClN2O4. The third-order valence-corrected chi connectivity index (χ3v) is 2.43. The van der Waals surface area contributed by atoms with Gasteiger partial charge in [-0.05, 0) is 32.4 Å². The van der Waals surface area contributed by atoms with Crippen molar-refractivity contribution in [1.29, 1.82) is 0 Å². The number of alkyl carbamates (subject to hydrolysis) is 1. The van der Waals surface area contributed by atoms with E-state index in [9.17, 15) is 9.59 Å². The molecule has 0 unspecified atom stereocenters. The van der Waals surface area contributed by atoms with Crippen LogP contribution in [-0.4, -0.2) is 34.3 Å². The Hall–Kier alpha value is -2.08. The number of nitrogens with one attached hydrogen (secondary N) is 1. The predicted octanol–water partition coefficient (Wildman–Crippen LogP) is 2.97. The van der Waals surface area contributed by atoms with Crippen LogP contribution in [0.5, 0.6) is 0 Å². The van der Waals surface area contributed by atoms with Gasteiger partial charge in [-0.1, -0.05) is 23.8 Å². The molecule has 114 valence electrons. The van der Waals surface area contributed by atoms with E-state index >= 15 is 0 Å². The highest BCUT2D eigenvalue weighted by Crippen LogP contribution is 2.16. The Morgan fingerprint density at radius 3 is 2.67 bits per heavy atom. The van der Waals surface area contributed by atoms with Crippen LogP contribution in [0.1, 0.15) is 36.8 Å². The molecule has 6 nitrogen and oxygen atoms in total. The van der Waals surface area contributed by atoms with Gasteiger partial charge in [-0.2, -0.15) is 0 Å². The fourth-order valence-corrected chi connectivity index (χ4v) is 1.61. The Morgan fingerprint density at radius 1 is 1.48 bits per heavy atom. The number of ether oxygens (including phenoxy) is 1. The minimum atomic E-state index is -1.18. The molecule has 1 heterocycles. The molecule has 1 amide bonds. The highest BCUT2D eigenvalue weighted by molar-refractivity contribution is 6.33. The topological polar surface area (TPSA) is 88.5 Å². The lowest BCUT2D eigenvalue weighted by Crippen LogP contribution is -2.32. The molecule has 21 heavy (non-hydrogen) atoms. The highest BCUT2D eigenvalue weighted by Gasteiger charge is 2.15. The molecule has 7 heteroatoms. The fraction of sp³-hybridized carbons (Fsp3) is 0.357. The summed E-state index contributed by atoms with van der Waals surface area (Å²) in [6.07, 6.45) is 4.23. The number of hydrogen-bond donors (Lipinski definition) is 2. The van der Waals surface area contributed by atoms with E-state index < -0.39 is 17.7 Å². The van der Waals surface area contributed by atoms with Crippen LogP contribution in [0.3, 0.4) is 0 Å². The van der Waals surface area contributed by atoms with Crippen molar-refractivity contribution in [3.8, 4) is 0 Å². The number of halogens is 1. The predicted molar refractivity (Wildman–Crippen MR) is 79.5 cm³/mol. The molecule has 0 radical (unpaired) electrons. The first-order chi connectivity index (χ1) is 9.69. The van der Waals surface area contributed by atoms with E-state index in [0.717, 1.165) is 0 Å². The standard InChI is InChI=1S/C14H17ClN2O4/c1-14(2,3)21-13(20)16-6-4-5-9-7-10(15)11(12(18)19)17-8-9/h4-5,7-8H,6H2,1-3H3,(H,16,20)(H,18,19). The van der Waals surface area contributed by atoms with Crippen molar-refractivity contribution < 1.29 is 19.4 Å². The number of carboxylic acid groups (broad SMARTS) is 1. The molecule has 2 N–H and O–H groups in total. The van der Waals surface area contributed by atoms with Gasteiger partial charge >= 0.3 is 12.1 Å². The summed E-state index contributed by atoms with van der Waals surface area (Å²) in [4.78, 5) is 25.9. The van der Waals surface area contributed by atoms with E-state index in [1.54, 1.807) is 32.9 Å². The zero-order chi connectivity index (χ0) is 16.0. The number of aromatic carboxylic acids is 1. The molecule has 0 fully saturated rings. The second-order valence-electron chi connectivity index (χ2n) is 5.19. The molecular weight excluding hydrogens is 296 g/mol. The number of pyridine rings is 1. The molecule has 0 aliphatic rings. The van der Waals surface area contributed by atoms with Crippen LogP contribution < -0.4 is 5.32 Å². The summed E-state index contributed by atoms with van der Waals surface area (Å²) in [6.45, 7) is 5.60. The quantitative estimate of drug-likeness (QED) is 0.892. The van der Waals surface area contributed by atoms with Crippen molar-refractivity contribution in [3.63, 3.8) is 0 Å². The lowest BCUT2D eigenvalue weighted by molar-refractivity contribution is 0.0533. The summed E-state index contributed by atoms with van der Waals surface area (Å²) >= 11 is 5.79. The number of carboxylic acids is 1. The Morgan fingerprint density at radius 2 is 2.14 bits per heavy atom. The summed E-state index contributed by atoms with van der Waals surface area (Å²) in [5.41, 5.74) is -0.102. The maximum absolute atomic E-state index is 11.4. The lowest BCUT2D eigenvalue weighted by Gasteiger charge is -2.19. The average molecular weight is 313 g/mol. The van der Waals surface area contributed by atoms with E-state index in [2.05, 4.69) is 10.3 Å². The van der Waals surface area contributed by atoms with Crippen molar-refractivity contribution >= 4 is 29.7 Å². The maximum atomic E-state index is 11.4. The fourth-order valence-electron chi connectivity index (χ4n) is 1.35. The Bertz CT molecular complexity index is 565. The van der Waals surface area contributed by atoms with E-state index in [1.807, 2.05) is 0 Å². The zero-order valence-corrected chi connectivity index (χ0v) is 12.8. The molecule has 1 aromatic heterocycles. The van der Waals surface area contributed by atoms with Gasteiger partial charge < -0.3 is 15.2 Å². The van der Waals surface area contributed by atoms with Gasteiger partial charge in [0.1, 0.15) is 5.60 Å². The van der Waals surface area contributed by atoms with E-state index in [0.29, 0.717) is 5.56 Å². The number of carbonyl (C=O) groups excluding carboxylic acids is 1. The summed E-state index contributed by atoms with van der Waals surface area (Å²) in [5.74, 6) is -1.18. The van der Waals surface area contributed by atoms with Crippen molar-refractivity contribution in [2.45, 2.75) is 26.4 Å². The van der Waals surface area contributed by atoms with Crippen LogP contribution in [0.15, 0.2) is 18.3 Å². The van der Waals surface area contributed by atoms with Gasteiger partial charge in [0, 0.05) is 12.7 Å². The third kappa shape index (κ3) is 6.27. The van der Waals surface area contributed by atoms with Gasteiger partial charge in [-0.15, -0.1) is 0 Å². The molecule has 0 atom stereocenters. The Labute approximate surface area is 127 Å². The summed E-state index contributed by atoms with van der Waals surface area (Å²) in [7, 11) is 0. The minimum absolute atomic E-state index is 0.0600. The molecule has 0 aliphatic heterocycles. The minimum Gasteiger partial charge on any atom is -0.476 e. The highest BCUT2D eigenvalue weighted by atomic mass is 35.5. The molecule has 1 rings (SSSR count). The largest absolute Gasteiger partial charge is 0.476 e. The number of amides is 1. The number of aromatic nitrogens is 1. The van der Waals surface area contributed by atoms with E-state index in [4.69, 9.17) is 21.4 Å². The van der Waals surface area contributed by atoms with Gasteiger partial charge in [0.2, 0.25) is 0 Å². The molecule has 0 bridgehead atoms. The lowest BCUT2D eigenvalue weighted by atomic mass is 10.2. The first-order valence-electron chi connectivity index (χ1n) is 6.21. The second kappa shape index (κ2) is 7.08.